The van der Waals surface area contributed by atoms with Gasteiger partial charge in [-0.1, -0.05) is 18.7 Å². The fraction of sp³-hybridized carbons (Fsp3) is 0.208. The Morgan fingerprint density at radius 1 is 1.27 bits per heavy atom. The summed E-state index contributed by atoms with van der Waals surface area (Å²) in [5.41, 5.74) is 28.6. The van der Waals surface area contributed by atoms with E-state index in [0.717, 1.165) is 5.57 Å². The number of rotatable bonds is 12. The van der Waals surface area contributed by atoms with E-state index in [-0.39, 0.29) is 12.3 Å². The fourth-order valence-corrected chi connectivity index (χ4v) is 2.71. The van der Waals surface area contributed by atoms with Crippen LogP contribution in [0.3, 0.4) is 0 Å². The number of Topliss-reactive ketones (excluding diaryl/α,β-unsaturated/α-hetero) is 1. The molecule has 9 heteroatoms. The highest BCUT2D eigenvalue weighted by Crippen LogP contribution is 2.23. The number of hydrogen-bond acceptors (Lipinski definition) is 9. The van der Waals surface area contributed by atoms with Crippen molar-refractivity contribution in [2.45, 2.75) is 13.8 Å². The van der Waals surface area contributed by atoms with Crippen LogP contribution >= 0.6 is 0 Å². The quantitative estimate of drug-likeness (QED) is 0.107. The summed E-state index contributed by atoms with van der Waals surface area (Å²) < 4.78 is 0. The van der Waals surface area contributed by atoms with E-state index in [1.165, 1.54) is 11.9 Å². The van der Waals surface area contributed by atoms with Crippen molar-refractivity contribution in [1.29, 1.82) is 0 Å². The minimum absolute atomic E-state index is 0.130. The molecule has 0 atom stereocenters. The molecule has 9 N–H and O–H groups in total. The average molecular weight is 451 g/mol. The second kappa shape index (κ2) is 13.3. The van der Waals surface area contributed by atoms with Crippen molar-refractivity contribution in [3.05, 3.63) is 83.0 Å². The first-order valence-electron chi connectivity index (χ1n) is 10.2. The zero-order valence-corrected chi connectivity index (χ0v) is 19.5. The zero-order valence-electron chi connectivity index (χ0n) is 19.5. The summed E-state index contributed by atoms with van der Waals surface area (Å²) in [7, 11) is 1.62. The molecule has 1 aromatic carbocycles. The Bertz CT molecular complexity index is 1030. The number of nitrogens with zero attached hydrogens (tertiary/aromatic N) is 3. The first-order chi connectivity index (χ1) is 15.7. The molecule has 0 fully saturated rings. The van der Waals surface area contributed by atoms with Gasteiger partial charge in [0.1, 0.15) is 0 Å². The standard InChI is InChI=1S/C24H34N8O/c1-6-18(11-25)8-7-16(2)31-12-20(26)14-32(30-5)15-24(28)21-9-19(17(3)33)10-23(27)22(21)13-29-4/h6-10,12-13,15,31H,2,5,11,14,25-28H2,1,3-4H3/b8-7-,18-6+,20-12-,24-15-,29-13-. The maximum absolute atomic E-state index is 11.9. The summed E-state index contributed by atoms with van der Waals surface area (Å²) in [5, 5.41) is 8.42. The predicted molar refractivity (Wildman–Crippen MR) is 139 cm³/mol. The number of carbonyl (C=O) groups is 1. The summed E-state index contributed by atoms with van der Waals surface area (Å²) in [6.07, 6.45) is 10.4. The number of allylic oxidation sites excluding steroid dienone is 2. The van der Waals surface area contributed by atoms with E-state index in [4.69, 9.17) is 22.9 Å². The van der Waals surface area contributed by atoms with Crippen LogP contribution in [0.25, 0.3) is 5.70 Å². The molecule has 0 aromatic heterocycles. The average Bonchev–Trinajstić information content (AvgIpc) is 2.78. The Kier molecular flexibility index (Phi) is 10.9. The number of hydrazone groups is 1. The van der Waals surface area contributed by atoms with Crippen molar-refractivity contribution in [2.75, 3.05) is 25.9 Å². The van der Waals surface area contributed by atoms with Crippen molar-refractivity contribution in [2.24, 2.45) is 27.3 Å². The lowest BCUT2D eigenvalue weighted by Gasteiger charge is -2.17. The van der Waals surface area contributed by atoms with Crippen LogP contribution in [0.1, 0.15) is 35.3 Å². The van der Waals surface area contributed by atoms with Crippen molar-refractivity contribution in [1.82, 2.24) is 10.3 Å². The van der Waals surface area contributed by atoms with Crippen LogP contribution in [0.15, 0.2) is 76.4 Å². The third-order valence-corrected chi connectivity index (χ3v) is 4.55. The number of carbonyl (C=O) groups excluding carboxylic acids is 1. The molecule has 0 aliphatic heterocycles. The highest BCUT2D eigenvalue weighted by atomic mass is 16.1. The van der Waals surface area contributed by atoms with Gasteiger partial charge < -0.3 is 28.3 Å². The van der Waals surface area contributed by atoms with Crippen molar-refractivity contribution >= 4 is 30.1 Å². The van der Waals surface area contributed by atoms with Gasteiger partial charge in [-0.05, 0) is 37.6 Å². The molecule has 0 heterocycles. The molecule has 176 valence electrons. The van der Waals surface area contributed by atoms with Gasteiger partial charge in [0.25, 0.3) is 0 Å². The lowest BCUT2D eigenvalue weighted by Crippen LogP contribution is -2.21. The van der Waals surface area contributed by atoms with E-state index in [2.05, 4.69) is 28.7 Å². The number of nitrogen functional groups attached to an aromatic ring is 1. The number of hydrogen-bond donors (Lipinski definition) is 5. The smallest absolute Gasteiger partial charge is 0.159 e. The molecule has 0 spiro atoms. The zero-order chi connectivity index (χ0) is 25.0. The van der Waals surface area contributed by atoms with E-state index in [9.17, 15) is 4.79 Å². The number of nitrogens with one attached hydrogen (secondary N) is 1. The van der Waals surface area contributed by atoms with E-state index in [0.29, 0.717) is 46.0 Å². The molecule has 1 rings (SSSR count). The van der Waals surface area contributed by atoms with Gasteiger partial charge in [-0.3, -0.25) is 14.8 Å². The Balaban J connectivity index is 3.08. The molecule has 0 radical (unpaired) electrons. The molecule has 0 saturated heterocycles. The molecule has 0 aliphatic carbocycles. The minimum atomic E-state index is -0.130. The molecule has 0 unspecified atom stereocenters. The lowest BCUT2D eigenvalue weighted by molar-refractivity contribution is 0.101. The molecule has 1 aromatic rings. The van der Waals surface area contributed by atoms with E-state index in [1.54, 1.807) is 43.9 Å². The number of anilines is 1. The maximum atomic E-state index is 11.9. The maximum Gasteiger partial charge on any atom is 0.159 e. The first kappa shape index (κ1) is 26.9. The first-order valence-corrected chi connectivity index (χ1v) is 10.2. The second-order valence-electron chi connectivity index (χ2n) is 7.08. The van der Waals surface area contributed by atoms with Crippen molar-refractivity contribution < 1.29 is 4.79 Å². The second-order valence-corrected chi connectivity index (χ2v) is 7.08. The molecular weight excluding hydrogens is 416 g/mol. The largest absolute Gasteiger partial charge is 0.399 e. The summed E-state index contributed by atoms with van der Waals surface area (Å²) in [5.74, 6) is -0.130. The van der Waals surface area contributed by atoms with Crippen LogP contribution in [0, 0.1) is 0 Å². The van der Waals surface area contributed by atoms with E-state index >= 15 is 0 Å². The molecule has 0 amide bonds. The molecular formula is C24H34N8O. The van der Waals surface area contributed by atoms with Gasteiger partial charge in [0.05, 0.1) is 12.2 Å². The minimum Gasteiger partial charge on any atom is -0.399 e. The summed E-state index contributed by atoms with van der Waals surface area (Å²) in [6.45, 7) is 11.5. The van der Waals surface area contributed by atoms with Crippen LogP contribution in [0.2, 0.25) is 0 Å². The monoisotopic (exact) mass is 450 g/mol. The highest BCUT2D eigenvalue weighted by molar-refractivity contribution is 6.01. The van der Waals surface area contributed by atoms with Crippen LogP contribution < -0.4 is 28.3 Å². The predicted octanol–water partition coefficient (Wildman–Crippen LogP) is 2.06. The third-order valence-electron chi connectivity index (χ3n) is 4.55. The summed E-state index contributed by atoms with van der Waals surface area (Å²) >= 11 is 0. The Hall–Kier alpha value is -4.11. The van der Waals surface area contributed by atoms with E-state index in [1.807, 2.05) is 19.1 Å². The van der Waals surface area contributed by atoms with Crippen LogP contribution in [-0.4, -0.2) is 43.9 Å². The molecule has 0 aliphatic rings. The molecule has 9 nitrogen and oxygen atoms in total. The van der Waals surface area contributed by atoms with Gasteiger partial charge in [0, 0.05) is 72.7 Å². The van der Waals surface area contributed by atoms with Crippen LogP contribution in [0.4, 0.5) is 5.69 Å². The fourth-order valence-electron chi connectivity index (χ4n) is 2.71. The SMILES string of the molecule is C=NN(/C=C(\N)c1cc(C(C)=O)cc(N)c1/C=N\C)C/C(N)=C/NC(=C)/C=C\C(=C/C)CN. The normalized spacial score (nSPS) is 12.9. The Labute approximate surface area is 195 Å². The van der Waals surface area contributed by atoms with Gasteiger partial charge in [-0.2, -0.15) is 5.10 Å². The Morgan fingerprint density at radius 2 is 1.97 bits per heavy atom. The number of ketones is 1. The number of aliphatic imine (C=N–C) groups is 1. The summed E-state index contributed by atoms with van der Waals surface area (Å²) in [4.78, 5) is 15.9. The lowest BCUT2D eigenvalue weighted by atomic mass is 9.98. The third kappa shape index (κ3) is 8.50. The van der Waals surface area contributed by atoms with Gasteiger partial charge in [-0.15, -0.1) is 0 Å². The van der Waals surface area contributed by atoms with Crippen LogP contribution in [-0.2, 0) is 0 Å². The topological polar surface area (TPSA) is 161 Å². The highest BCUT2D eigenvalue weighted by Gasteiger charge is 2.13. The molecule has 0 saturated carbocycles. The van der Waals surface area contributed by atoms with Crippen LogP contribution in [0.5, 0.6) is 0 Å². The van der Waals surface area contributed by atoms with E-state index < -0.39 is 0 Å². The Morgan fingerprint density at radius 3 is 2.52 bits per heavy atom. The molecule has 33 heavy (non-hydrogen) atoms. The van der Waals surface area contributed by atoms with Gasteiger partial charge in [0.2, 0.25) is 0 Å². The molecule has 0 bridgehead atoms. The number of benzene rings is 1. The van der Waals surface area contributed by atoms with Gasteiger partial charge in [-0.25, -0.2) is 0 Å². The van der Waals surface area contributed by atoms with Crippen molar-refractivity contribution in [3.8, 4) is 0 Å². The van der Waals surface area contributed by atoms with Crippen molar-refractivity contribution in [3.63, 3.8) is 0 Å². The summed E-state index contributed by atoms with van der Waals surface area (Å²) in [6, 6.07) is 3.26. The van der Waals surface area contributed by atoms with Gasteiger partial charge >= 0.3 is 0 Å². The number of nitrogens with two attached hydrogens (primary N) is 4. The van der Waals surface area contributed by atoms with Gasteiger partial charge in [0.15, 0.2) is 5.78 Å².